The zero-order valence-corrected chi connectivity index (χ0v) is 7.72. The van der Waals surface area contributed by atoms with E-state index in [4.69, 9.17) is 5.73 Å². The van der Waals surface area contributed by atoms with Gasteiger partial charge >= 0.3 is 0 Å². The van der Waals surface area contributed by atoms with Crippen molar-refractivity contribution in [3.8, 4) is 0 Å². The largest absolute Gasteiger partial charge is 0.412 e. The molecule has 0 aromatic rings. The number of nitrogens with two attached hydrogens (primary N) is 1. The highest BCUT2D eigenvalue weighted by Gasteiger charge is 2.27. The lowest BCUT2D eigenvalue weighted by Gasteiger charge is -2.29. The van der Waals surface area contributed by atoms with Crippen LogP contribution in [-0.4, -0.2) is 16.3 Å². The SMILES string of the molecule is CCC(CC)C(N)(O)CC.O. The summed E-state index contributed by atoms with van der Waals surface area (Å²) in [7, 11) is 0. The van der Waals surface area contributed by atoms with Crippen molar-refractivity contribution in [1.29, 1.82) is 0 Å². The van der Waals surface area contributed by atoms with E-state index < -0.39 is 5.72 Å². The molecule has 0 aliphatic carbocycles. The lowest BCUT2D eigenvalue weighted by molar-refractivity contribution is -0.0198. The normalized spacial score (nSPS) is 15.8. The van der Waals surface area contributed by atoms with Gasteiger partial charge in [0.1, 0.15) is 5.72 Å². The van der Waals surface area contributed by atoms with E-state index in [9.17, 15) is 5.11 Å². The van der Waals surface area contributed by atoms with Crippen molar-refractivity contribution in [2.45, 2.75) is 45.8 Å². The molecule has 0 heterocycles. The summed E-state index contributed by atoms with van der Waals surface area (Å²) in [4.78, 5) is 0. The van der Waals surface area contributed by atoms with Crippen molar-refractivity contribution in [2.75, 3.05) is 0 Å². The maximum atomic E-state index is 9.56. The van der Waals surface area contributed by atoms with Crippen molar-refractivity contribution < 1.29 is 10.6 Å². The molecule has 0 spiro atoms. The van der Waals surface area contributed by atoms with E-state index in [-0.39, 0.29) is 11.4 Å². The third-order valence-corrected chi connectivity index (χ3v) is 2.26. The molecule has 70 valence electrons. The van der Waals surface area contributed by atoms with Gasteiger partial charge in [0.25, 0.3) is 0 Å². The van der Waals surface area contributed by atoms with Crippen LogP contribution in [0.15, 0.2) is 0 Å². The van der Waals surface area contributed by atoms with E-state index in [0.717, 1.165) is 12.8 Å². The van der Waals surface area contributed by atoms with Crippen LogP contribution in [-0.2, 0) is 0 Å². The van der Waals surface area contributed by atoms with Gasteiger partial charge < -0.3 is 16.3 Å². The minimum Gasteiger partial charge on any atom is -0.412 e. The molecule has 1 atom stereocenters. The van der Waals surface area contributed by atoms with Crippen LogP contribution in [0.5, 0.6) is 0 Å². The van der Waals surface area contributed by atoms with E-state index in [2.05, 4.69) is 13.8 Å². The maximum absolute atomic E-state index is 9.56. The summed E-state index contributed by atoms with van der Waals surface area (Å²) < 4.78 is 0. The van der Waals surface area contributed by atoms with Crippen molar-refractivity contribution >= 4 is 0 Å². The predicted molar refractivity (Wildman–Crippen MR) is 47.1 cm³/mol. The Morgan fingerprint density at radius 3 is 1.73 bits per heavy atom. The molecule has 0 aromatic carbocycles. The Hall–Kier alpha value is -0.120. The predicted octanol–water partition coefficient (Wildman–Crippen LogP) is 0.655. The standard InChI is InChI=1S/C8H19NO.H2O/c1-4-7(5-2)8(9,10)6-3;/h7,10H,4-6,9H2,1-3H3;1H2. The first-order valence-corrected chi connectivity index (χ1v) is 4.09. The molecule has 0 aliphatic heterocycles. The Balaban J connectivity index is 0. The van der Waals surface area contributed by atoms with Crippen LogP contribution in [0, 0.1) is 5.92 Å². The fourth-order valence-electron chi connectivity index (χ4n) is 1.28. The fourth-order valence-corrected chi connectivity index (χ4v) is 1.28. The van der Waals surface area contributed by atoms with Gasteiger partial charge in [-0.3, -0.25) is 0 Å². The average molecular weight is 163 g/mol. The van der Waals surface area contributed by atoms with Crippen molar-refractivity contribution in [3.05, 3.63) is 0 Å². The first-order valence-electron chi connectivity index (χ1n) is 4.09. The van der Waals surface area contributed by atoms with E-state index in [1.165, 1.54) is 0 Å². The van der Waals surface area contributed by atoms with Crippen LogP contribution < -0.4 is 5.73 Å². The van der Waals surface area contributed by atoms with Gasteiger partial charge in [-0.1, -0.05) is 20.8 Å². The molecule has 0 fully saturated rings. The first-order chi connectivity index (χ1) is 4.58. The first kappa shape index (κ1) is 13.5. The summed E-state index contributed by atoms with van der Waals surface area (Å²) in [6.45, 7) is 6.03. The highest BCUT2D eigenvalue weighted by atomic mass is 16.3. The number of hydrogen-bond acceptors (Lipinski definition) is 2. The fraction of sp³-hybridized carbons (Fsp3) is 1.00. The number of aliphatic hydroxyl groups is 1. The van der Waals surface area contributed by atoms with Gasteiger partial charge in [0.05, 0.1) is 0 Å². The smallest absolute Gasteiger partial charge is 0.116 e. The van der Waals surface area contributed by atoms with Crippen molar-refractivity contribution in [3.63, 3.8) is 0 Å². The zero-order valence-electron chi connectivity index (χ0n) is 7.72. The minimum absolute atomic E-state index is 0. The zero-order chi connectivity index (χ0) is 8.20. The molecule has 0 saturated carbocycles. The summed E-state index contributed by atoms with van der Waals surface area (Å²) in [6, 6.07) is 0. The molecule has 0 amide bonds. The Morgan fingerprint density at radius 1 is 1.27 bits per heavy atom. The Kier molecular flexibility index (Phi) is 6.76. The molecule has 0 aromatic heterocycles. The number of rotatable bonds is 4. The molecule has 0 bridgehead atoms. The summed E-state index contributed by atoms with van der Waals surface area (Å²) in [5, 5.41) is 9.56. The summed E-state index contributed by atoms with van der Waals surface area (Å²) >= 11 is 0. The quantitative estimate of drug-likeness (QED) is 0.597. The van der Waals surface area contributed by atoms with Crippen LogP contribution >= 0.6 is 0 Å². The van der Waals surface area contributed by atoms with E-state index >= 15 is 0 Å². The van der Waals surface area contributed by atoms with Crippen LogP contribution in [0.2, 0.25) is 0 Å². The molecule has 5 N–H and O–H groups in total. The van der Waals surface area contributed by atoms with Gasteiger partial charge in [-0.05, 0) is 19.3 Å². The topological polar surface area (TPSA) is 77.8 Å². The average Bonchev–Trinajstić information content (AvgIpc) is 1.90. The third kappa shape index (κ3) is 3.70. The van der Waals surface area contributed by atoms with Gasteiger partial charge in [-0.15, -0.1) is 0 Å². The van der Waals surface area contributed by atoms with Crippen molar-refractivity contribution in [1.82, 2.24) is 0 Å². The van der Waals surface area contributed by atoms with E-state index in [0.29, 0.717) is 6.42 Å². The third-order valence-electron chi connectivity index (χ3n) is 2.26. The summed E-state index contributed by atoms with van der Waals surface area (Å²) in [5.74, 6) is 0.248. The minimum atomic E-state index is -0.941. The van der Waals surface area contributed by atoms with Gasteiger partial charge in [0.15, 0.2) is 0 Å². The van der Waals surface area contributed by atoms with Gasteiger partial charge in [-0.2, -0.15) is 0 Å². The molecule has 1 unspecified atom stereocenters. The van der Waals surface area contributed by atoms with E-state index in [1.807, 2.05) is 6.92 Å². The lowest BCUT2D eigenvalue weighted by Crippen LogP contribution is -2.46. The van der Waals surface area contributed by atoms with Crippen LogP contribution in [0.25, 0.3) is 0 Å². The Labute approximate surface area is 68.9 Å². The molecule has 3 nitrogen and oxygen atoms in total. The molecular formula is C8H21NO2. The Bertz CT molecular complexity index is 90.1. The van der Waals surface area contributed by atoms with Crippen molar-refractivity contribution in [2.24, 2.45) is 11.7 Å². The van der Waals surface area contributed by atoms with Crippen LogP contribution in [0.4, 0.5) is 0 Å². The molecule has 3 heteroatoms. The molecule has 0 radical (unpaired) electrons. The highest BCUT2D eigenvalue weighted by Crippen LogP contribution is 2.21. The Morgan fingerprint density at radius 2 is 1.64 bits per heavy atom. The summed E-state index contributed by atoms with van der Waals surface area (Å²) in [5.41, 5.74) is 4.70. The van der Waals surface area contributed by atoms with Crippen LogP contribution in [0.3, 0.4) is 0 Å². The molecular weight excluding hydrogens is 142 g/mol. The molecule has 0 rings (SSSR count). The summed E-state index contributed by atoms with van der Waals surface area (Å²) in [6.07, 6.45) is 2.55. The number of hydrogen-bond donors (Lipinski definition) is 2. The highest BCUT2D eigenvalue weighted by molar-refractivity contribution is 4.76. The molecule has 0 aliphatic rings. The monoisotopic (exact) mass is 163 g/mol. The second kappa shape index (κ2) is 5.52. The van der Waals surface area contributed by atoms with Gasteiger partial charge in [0, 0.05) is 5.92 Å². The van der Waals surface area contributed by atoms with Gasteiger partial charge in [0.2, 0.25) is 0 Å². The lowest BCUT2D eigenvalue weighted by atomic mass is 9.89. The molecule has 0 saturated heterocycles. The maximum Gasteiger partial charge on any atom is 0.116 e. The molecule has 11 heavy (non-hydrogen) atoms. The second-order valence-corrected chi connectivity index (χ2v) is 2.86. The van der Waals surface area contributed by atoms with Crippen LogP contribution in [0.1, 0.15) is 40.0 Å². The second-order valence-electron chi connectivity index (χ2n) is 2.86. The van der Waals surface area contributed by atoms with E-state index in [1.54, 1.807) is 0 Å². The van der Waals surface area contributed by atoms with Gasteiger partial charge in [-0.25, -0.2) is 0 Å².